The van der Waals surface area contributed by atoms with E-state index in [1.807, 2.05) is 0 Å². The highest BCUT2D eigenvalue weighted by Gasteiger charge is 2.44. The molecule has 0 unspecified atom stereocenters. The largest absolute Gasteiger partial charge is 0.465 e. The predicted octanol–water partition coefficient (Wildman–Crippen LogP) is 2.97. The van der Waals surface area contributed by atoms with Gasteiger partial charge in [0.2, 0.25) is 10.0 Å². The molecule has 10 heteroatoms. The van der Waals surface area contributed by atoms with Crippen LogP contribution in [0.2, 0.25) is 0 Å². The van der Waals surface area contributed by atoms with Crippen LogP contribution >= 0.6 is 0 Å². The van der Waals surface area contributed by atoms with Gasteiger partial charge in [0.1, 0.15) is 11.5 Å². The second kappa shape index (κ2) is 7.69. The lowest BCUT2D eigenvalue weighted by atomic mass is 9.73. The topological polar surface area (TPSA) is 124 Å². The van der Waals surface area contributed by atoms with Crippen molar-refractivity contribution < 1.29 is 27.7 Å². The maximum absolute atomic E-state index is 12.8. The van der Waals surface area contributed by atoms with E-state index < -0.39 is 26.6 Å². The van der Waals surface area contributed by atoms with E-state index in [9.17, 15) is 28.1 Å². The molecule has 164 valence electrons. The minimum Gasteiger partial charge on any atom is -0.465 e. The molecule has 0 spiro atoms. The van der Waals surface area contributed by atoms with Gasteiger partial charge in [-0.05, 0) is 25.0 Å². The summed E-state index contributed by atoms with van der Waals surface area (Å²) in [5.41, 5.74) is 0.264. The molecule has 0 saturated heterocycles. The molecule has 1 heterocycles. The number of nitrogens with zero attached hydrogens (tertiary/aromatic N) is 2. The summed E-state index contributed by atoms with van der Waals surface area (Å²) < 4.78 is 31.9. The van der Waals surface area contributed by atoms with Crippen molar-refractivity contribution in [1.82, 2.24) is 4.31 Å². The highest BCUT2D eigenvalue weighted by atomic mass is 32.2. The Morgan fingerprint density at radius 3 is 2.03 bits per heavy atom. The third-order valence-corrected chi connectivity index (χ3v) is 7.74. The molecule has 1 aromatic rings. The van der Waals surface area contributed by atoms with Gasteiger partial charge in [-0.1, -0.05) is 0 Å². The Bertz CT molecular complexity index is 1140. The summed E-state index contributed by atoms with van der Waals surface area (Å²) >= 11 is 0. The second-order valence-corrected chi connectivity index (χ2v) is 10.2. The maximum atomic E-state index is 12.8. The fourth-order valence-electron chi connectivity index (χ4n) is 4.43. The van der Waals surface area contributed by atoms with E-state index in [0.29, 0.717) is 37.2 Å². The summed E-state index contributed by atoms with van der Waals surface area (Å²) in [7, 11) is -1.23. The van der Waals surface area contributed by atoms with E-state index in [1.54, 1.807) is 0 Å². The van der Waals surface area contributed by atoms with Crippen LogP contribution in [0.3, 0.4) is 0 Å². The van der Waals surface area contributed by atoms with Crippen LogP contribution < -0.4 is 0 Å². The van der Waals surface area contributed by atoms with E-state index in [4.69, 9.17) is 4.74 Å². The summed E-state index contributed by atoms with van der Waals surface area (Å²) in [4.78, 5) is 36.8. The average Bonchev–Trinajstić information content (AvgIpc) is 2.72. The first-order valence-electron chi connectivity index (χ1n) is 10.0. The van der Waals surface area contributed by atoms with Crippen LogP contribution in [0.1, 0.15) is 50.0 Å². The van der Waals surface area contributed by atoms with Crippen LogP contribution in [0, 0.1) is 10.1 Å². The van der Waals surface area contributed by atoms with E-state index in [2.05, 4.69) is 0 Å². The number of nitro benzene ring substituents is 1. The molecular formula is C21H22N2O7S. The normalized spacial score (nSPS) is 20.0. The molecule has 9 nitrogen and oxygen atoms in total. The molecule has 0 fully saturated rings. The van der Waals surface area contributed by atoms with Gasteiger partial charge < -0.3 is 4.74 Å². The highest BCUT2D eigenvalue weighted by molar-refractivity contribution is 7.89. The minimum atomic E-state index is -3.90. The van der Waals surface area contributed by atoms with Gasteiger partial charge in [0.25, 0.3) is 5.69 Å². The zero-order chi connectivity index (χ0) is 22.5. The van der Waals surface area contributed by atoms with Gasteiger partial charge in [0, 0.05) is 62.6 Å². The third-order valence-electron chi connectivity index (χ3n) is 5.93. The number of allylic oxidation sites excluding steroid dienone is 4. The van der Waals surface area contributed by atoms with Crippen molar-refractivity contribution in [3.8, 4) is 0 Å². The van der Waals surface area contributed by atoms with Gasteiger partial charge in [-0.3, -0.25) is 19.7 Å². The van der Waals surface area contributed by atoms with Crippen LogP contribution in [-0.2, 0) is 24.3 Å². The Kier molecular flexibility index (Phi) is 5.30. The molecule has 2 aliphatic carbocycles. The molecule has 3 aliphatic rings. The molecule has 1 aliphatic heterocycles. The van der Waals surface area contributed by atoms with E-state index in [0.717, 1.165) is 10.4 Å². The lowest BCUT2D eigenvalue weighted by Gasteiger charge is -2.35. The van der Waals surface area contributed by atoms with Gasteiger partial charge >= 0.3 is 0 Å². The fraction of sp³-hybridized carbons (Fsp3) is 0.429. The molecule has 4 rings (SSSR count). The molecule has 0 aromatic heterocycles. The van der Waals surface area contributed by atoms with E-state index in [-0.39, 0.29) is 46.0 Å². The molecule has 0 N–H and O–H groups in total. The standard InChI is InChI=1S/C21H22N2O7S/c1-22(2)31(28,29)12-9-10-13(14(11-12)23(26)27)19-20-15(24)5-3-7-17(20)30-18-8-4-6-16(25)21(18)19/h9-11,19H,3-8H2,1-2H3. The quantitative estimate of drug-likeness (QED) is 0.514. The van der Waals surface area contributed by atoms with E-state index >= 15 is 0 Å². The van der Waals surface area contributed by atoms with Crippen molar-refractivity contribution in [1.29, 1.82) is 0 Å². The Hall–Kier alpha value is -2.85. The summed E-state index contributed by atoms with van der Waals surface area (Å²) in [6, 6.07) is 3.64. The zero-order valence-electron chi connectivity index (χ0n) is 17.2. The molecule has 0 radical (unpaired) electrons. The van der Waals surface area contributed by atoms with Crippen LogP contribution in [0.5, 0.6) is 0 Å². The van der Waals surface area contributed by atoms with Gasteiger partial charge in [0.05, 0.1) is 15.7 Å². The van der Waals surface area contributed by atoms with Gasteiger partial charge in [-0.2, -0.15) is 0 Å². The summed E-state index contributed by atoms with van der Waals surface area (Å²) in [5, 5.41) is 12.0. The Morgan fingerprint density at radius 2 is 1.55 bits per heavy atom. The first-order chi connectivity index (χ1) is 14.6. The van der Waals surface area contributed by atoms with Gasteiger partial charge in [0.15, 0.2) is 11.6 Å². The molecule has 1 aromatic carbocycles. The molecule has 31 heavy (non-hydrogen) atoms. The summed E-state index contributed by atoms with van der Waals surface area (Å²) in [5.74, 6) is -0.384. The van der Waals surface area contributed by atoms with Gasteiger partial charge in [-0.15, -0.1) is 0 Å². The second-order valence-electron chi connectivity index (χ2n) is 8.03. The first-order valence-corrected chi connectivity index (χ1v) is 11.5. The van der Waals surface area contributed by atoms with Crippen molar-refractivity contribution >= 4 is 27.3 Å². The Morgan fingerprint density at radius 1 is 1.00 bits per heavy atom. The van der Waals surface area contributed by atoms with Crippen molar-refractivity contribution in [3.63, 3.8) is 0 Å². The molecule has 0 bridgehead atoms. The minimum absolute atomic E-state index is 0.136. The van der Waals surface area contributed by atoms with Crippen LogP contribution in [0.25, 0.3) is 0 Å². The van der Waals surface area contributed by atoms with Crippen molar-refractivity contribution in [3.05, 3.63) is 56.5 Å². The lowest BCUT2D eigenvalue weighted by molar-refractivity contribution is -0.385. The van der Waals surface area contributed by atoms with Gasteiger partial charge in [-0.25, -0.2) is 12.7 Å². The third kappa shape index (κ3) is 3.49. The van der Waals surface area contributed by atoms with Crippen molar-refractivity contribution in [2.45, 2.75) is 49.3 Å². The number of ketones is 2. The highest BCUT2D eigenvalue weighted by Crippen LogP contribution is 2.49. The fourth-order valence-corrected chi connectivity index (χ4v) is 5.35. The Labute approximate surface area is 179 Å². The molecule has 0 saturated carbocycles. The molecular weight excluding hydrogens is 424 g/mol. The van der Waals surface area contributed by atoms with Crippen molar-refractivity contribution in [2.75, 3.05) is 14.1 Å². The molecule has 0 amide bonds. The Balaban J connectivity index is 1.97. The van der Waals surface area contributed by atoms with E-state index in [1.165, 1.54) is 26.2 Å². The zero-order valence-corrected chi connectivity index (χ0v) is 18.0. The monoisotopic (exact) mass is 446 g/mol. The average molecular weight is 446 g/mol. The number of sulfonamides is 1. The predicted molar refractivity (Wildman–Crippen MR) is 110 cm³/mol. The lowest BCUT2D eigenvalue weighted by Crippen LogP contribution is -2.30. The van der Waals surface area contributed by atoms with Crippen LogP contribution in [0.4, 0.5) is 5.69 Å². The number of hydrogen-bond acceptors (Lipinski definition) is 7. The summed E-state index contributed by atoms with van der Waals surface area (Å²) in [6.07, 6.45) is 2.81. The SMILES string of the molecule is CN(C)S(=O)(=O)c1ccc(C2C3=C(CCCC3=O)OC3=C2C(=O)CCC3)c([N+](=O)[O-])c1. The van der Waals surface area contributed by atoms with Crippen LogP contribution in [0.15, 0.2) is 45.8 Å². The van der Waals surface area contributed by atoms with Crippen molar-refractivity contribution in [2.24, 2.45) is 0 Å². The first kappa shape index (κ1) is 21.4. The number of ether oxygens (including phenoxy) is 1. The number of hydrogen-bond donors (Lipinski definition) is 0. The number of carbonyl (C=O) groups is 2. The number of rotatable bonds is 4. The number of carbonyl (C=O) groups excluding carboxylic acids is 2. The number of benzene rings is 1. The smallest absolute Gasteiger partial charge is 0.274 e. The summed E-state index contributed by atoms with van der Waals surface area (Å²) in [6.45, 7) is 0. The number of nitro groups is 1. The molecule has 0 atom stereocenters. The maximum Gasteiger partial charge on any atom is 0.274 e. The van der Waals surface area contributed by atoms with Crippen LogP contribution in [-0.4, -0.2) is 43.3 Å². The number of Topliss-reactive ketones (excluding diaryl/α,β-unsaturated/α-hetero) is 2.